The van der Waals surface area contributed by atoms with Crippen molar-refractivity contribution in [1.82, 2.24) is 10.3 Å². The summed E-state index contributed by atoms with van der Waals surface area (Å²) in [6.07, 6.45) is 1.72. The number of carbonyl (C=O) groups is 2. The highest BCUT2D eigenvalue weighted by Gasteiger charge is 2.29. The Morgan fingerprint density at radius 1 is 1.12 bits per heavy atom. The second kappa shape index (κ2) is 7.23. The van der Waals surface area contributed by atoms with Crippen molar-refractivity contribution in [1.29, 1.82) is 0 Å². The number of rotatable bonds is 5. The van der Waals surface area contributed by atoms with E-state index < -0.39 is 11.9 Å². The summed E-state index contributed by atoms with van der Waals surface area (Å²) in [4.78, 5) is 27.4. The SMILES string of the molecule is O=C(O)c1cccc(C(=O)N[C@@H](c2ccccc2)[C@@H]2CCCO2)n1. The smallest absolute Gasteiger partial charge is 0.354 e. The number of aromatic carboxylic acids is 1. The lowest BCUT2D eigenvalue weighted by Crippen LogP contribution is -2.36. The maximum absolute atomic E-state index is 12.5. The number of carbonyl (C=O) groups excluding carboxylic acids is 1. The predicted octanol–water partition coefficient (Wildman–Crippen LogP) is 2.43. The fourth-order valence-electron chi connectivity index (χ4n) is 2.81. The third kappa shape index (κ3) is 3.60. The van der Waals surface area contributed by atoms with E-state index in [1.165, 1.54) is 18.2 Å². The van der Waals surface area contributed by atoms with Gasteiger partial charge in [-0.25, -0.2) is 9.78 Å². The predicted molar refractivity (Wildman–Crippen MR) is 86.8 cm³/mol. The van der Waals surface area contributed by atoms with Crippen LogP contribution in [-0.4, -0.2) is 34.7 Å². The van der Waals surface area contributed by atoms with Crippen molar-refractivity contribution < 1.29 is 19.4 Å². The highest BCUT2D eigenvalue weighted by Crippen LogP contribution is 2.27. The molecular formula is C18H18N2O4. The molecule has 1 saturated heterocycles. The molecule has 1 amide bonds. The van der Waals surface area contributed by atoms with Gasteiger partial charge in [0.2, 0.25) is 0 Å². The minimum absolute atomic E-state index is 0.0776. The Kier molecular flexibility index (Phi) is 4.86. The highest BCUT2D eigenvalue weighted by atomic mass is 16.5. The van der Waals surface area contributed by atoms with Crippen molar-refractivity contribution >= 4 is 11.9 Å². The molecule has 1 aromatic heterocycles. The quantitative estimate of drug-likeness (QED) is 0.881. The molecule has 0 radical (unpaired) electrons. The van der Waals surface area contributed by atoms with Crippen molar-refractivity contribution in [3.63, 3.8) is 0 Å². The summed E-state index contributed by atoms with van der Waals surface area (Å²) in [5, 5.41) is 11.9. The zero-order valence-corrected chi connectivity index (χ0v) is 13.0. The summed E-state index contributed by atoms with van der Waals surface area (Å²) < 4.78 is 5.74. The Hall–Kier alpha value is -2.73. The average molecular weight is 326 g/mol. The molecule has 0 bridgehead atoms. The molecule has 0 saturated carbocycles. The second-order valence-electron chi connectivity index (χ2n) is 5.63. The van der Waals surface area contributed by atoms with E-state index in [2.05, 4.69) is 10.3 Å². The number of benzene rings is 1. The van der Waals surface area contributed by atoms with Gasteiger partial charge in [-0.1, -0.05) is 36.4 Å². The zero-order chi connectivity index (χ0) is 16.9. The molecular weight excluding hydrogens is 308 g/mol. The normalized spacial score (nSPS) is 18.1. The number of carboxylic acid groups (broad SMARTS) is 1. The lowest BCUT2D eigenvalue weighted by atomic mass is 9.99. The molecule has 6 heteroatoms. The maximum atomic E-state index is 12.5. The van der Waals surface area contributed by atoms with Gasteiger partial charge in [-0.05, 0) is 30.5 Å². The van der Waals surface area contributed by atoms with Gasteiger partial charge in [-0.2, -0.15) is 0 Å². The number of hydrogen-bond donors (Lipinski definition) is 2. The Morgan fingerprint density at radius 2 is 1.88 bits per heavy atom. The summed E-state index contributed by atoms with van der Waals surface area (Å²) >= 11 is 0. The second-order valence-corrected chi connectivity index (χ2v) is 5.63. The van der Waals surface area contributed by atoms with Gasteiger partial charge < -0.3 is 15.2 Å². The molecule has 0 spiro atoms. The van der Waals surface area contributed by atoms with Crippen molar-refractivity contribution in [2.24, 2.45) is 0 Å². The number of nitrogens with one attached hydrogen (secondary N) is 1. The van der Waals surface area contributed by atoms with Crippen molar-refractivity contribution in [2.45, 2.75) is 25.0 Å². The number of pyridine rings is 1. The Bertz CT molecular complexity index is 727. The van der Waals surface area contributed by atoms with Crippen LogP contribution in [-0.2, 0) is 4.74 Å². The van der Waals surface area contributed by atoms with Gasteiger partial charge in [0.15, 0.2) is 0 Å². The third-order valence-electron chi connectivity index (χ3n) is 3.98. The first-order valence-electron chi connectivity index (χ1n) is 7.83. The Balaban J connectivity index is 1.83. The monoisotopic (exact) mass is 326 g/mol. The summed E-state index contributed by atoms with van der Waals surface area (Å²) in [7, 11) is 0. The summed E-state index contributed by atoms with van der Waals surface area (Å²) in [6.45, 7) is 0.677. The van der Waals surface area contributed by atoms with E-state index in [4.69, 9.17) is 9.84 Å². The van der Waals surface area contributed by atoms with E-state index in [1.54, 1.807) is 0 Å². The van der Waals surface area contributed by atoms with Crippen LogP contribution in [0, 0.1) is 0 Å². The molecule has 0 aliphatic carbocycles. The number of amides is 1. The van der Waals surface area contributed by atoms with Gasteiger partial charge in [0.25, 0.3) is 5.91 Å². The number of hydrogen-bond acceptors (Lipinski definition) is 4. The molecule has 0 unspecified atom stereocenters. The number of carboxylic acids is 1. The summed E-state index contributed by atoms with van der Waals surface area (Å²) in [5.74, 6) is -1.58. The summed E-state index contributed by atoms with van der Waals surface area (Å²) in [6, 6.07) is 13.7. The van der Waals surface area contributed by atoms with Gasteiger partial charge in [0.05, 0.1) is 12.1 Å². The van der Waals surface area contributed by atoms with E-state index in [0.29, 0.717) is 6.61 Å². The standard InChI is InChI=1S/C18H18N2O4/c21-17(13-8-4-9-14(19-13)18(22)23)20-16(15-10-5-11-24-15)12-6-2-1-3-7-12/h1-4,6-9,15-16H,5,10-11H2,(H,20,21)(H,22,23)/t15-,16-/m0/s1. The Morgan fingerprint density at radius 3 is 2.54 bits per heavy atom. The first kappa shape index (κ1) is 16.1. The fraction of sp³-hybridized carbons (Fsp3) is 0.278. The van der Waals surface area contributed by atoms with E-state index in [-0.39, 0.29) is 23.5 Å². The highest BCUT2D eigenvalue weighted by molar-refractivity contribution is 5.94. The minimum atomic E-state index is -1.16. The fourth-order valence-corrected chi connectivity index (χ4v) is 2.81. The van der Waals surface area contributed by atoms with Gasteiger partial charge in [-0.3, -0.25) is 4.79 Å². The maximum Gasteiger partial charge on any atom is 0.354 e. The van der Waals surface area contributed by atoms with Gasteiger partial charge in [0.1, 0.15) is 11.4 Å². The molecule has 2 heterocycles. The van der Waals surface area contributed by atoms with E-state index in [9.17, 15) is 9.59 Å². The van der Waals surface area contributed by atoms with Gasteiger partial charge >= 0.3 is 5.97 Å². The number of ether oxygens (including phenoxy) is 1. The van der Waals surface area contributed by atoms with Crippen LogP contribution in [0.5, 0.6) is 0 Å². The van der Waals surface area contributed by atoms with Crippen molar-refractivity contribution in [2.75, 3.05) is 6.61 Å². The van der Waals surface area contributed by atoms with Crippen LogP contribution < -0.4 is 5.32 Å². The van der Waals surface area contributed by atoms with Crippen LogP contribution in [0.25, 0.3) is 0 Å². The number of nitrogens with zero attached hydrogens (tertiary/aromatic N) is 1. The van der Waals surface area contributed by atoms with Crippen LogP contribution in [0.3, 0.4) is 0 Å². The first-order valence-corrected chi connectivity index (χ1v) is 7.83. The molecule has 1 aliphatic heterocycles. The topological polar surface area (TPSA) is 88.5 Å². The summed E-state index contributed by atoms with van der Waals surface area (Å²) in [5.41, 5.74) is 0.872. The van der Waals surface area contributed by atoms with Crippen LogP contribution in [0.1, 0.15) is 45.4 Å². The minimum Gasteiger partial charge on any atom is -0.477 e. The van der Waals surface area contributed by atoms with Crippen LogP contribution >= 0.6 is 0 Å². The van der Waals surface area contributed by atoms with Crippen LogP contribution in [0.15, 0.2) is 48.5 Å². The van der Waals surface area contributed by atoms with Gasteiger partial charge in [0, 0.05) is 6.61 Å². The average Bonchev–Trinajstić information content (AvgIpc) is 3.14. The molecule has 1 aromatic carbocycles. The molecule has 3 rings (SSSR count). The largest absolute Gasteiger partial charge is 0.477 e. The van der Waals surface area contributed by atoms with E-state index >= 15 is 0 Å². The Labute approximate surface area is 139 Å². The van der Waals surface area contributed by atoms with E-state index in [1.807, 2.05) is 30.3 Å². The molecule has 2 atom stereocenters. The third-order valence-corrected chi connectivity index (χ3v) is 3.98. The molecule has 2 aromatic rings. The molecule has 24 heavy (non-hydrogen) atoms. The lowest BCUT2D eigenvalue weighted by molar-refractivity contribution is 0.0667. The molecule has 2 N–H and O–H groups in total. The molecule has 124 valence electrons. The molecule has 1 aliphatic rings. The molecule has 6 nitrogen and oxygen atoms in total. The van der Waals surface area contributed by atoms with Gasteiger partial charge in [-0.15, -0.1) is 0 Å². The zero-order valence-electron chi connectivity index (χ0n) is 13.0. The van der Waals surface area contributed by atoms with Crippen molar-refractivity contribution in [3.05, 3.63) is 65.5 Å². The number of aromatic nitrogens is 1. The van der Waals surface area contributed by atoms with Crippen LogP contribution in [0.2, 0.25) is 0 Å². The lowest BCUT2D eigenvalue weighted by Gasteiger charge is -2.24. The van der Waals surface area contributed by atoms with Crippen LogP contribution in [0.4, 0.5) is 0 Å². The molecule has 1 fully saturated rings. The van der Waals surface area contributed by atoms with Crippen molar-refractivity contribution in [3.8, 4) is 0 Å². The van der Waals surface area contributed by atoms with E-state index in [0.717, 1.165) is 18.4 Å². The first-order chi connectivity index (χ1) is 11.6.